The minimum atomic E-state index is -0.504. The summed E-state index contributed by atoms with van der Waals surface area (Å²) in [5.41, 5.74) is 3.10. The van der Waals surface area contributed by atoms with Crippen molar-refractivity contribution in [3.8, 4) is 11.3 Å². The van der Waals surface area contributed by atoms with E-state index in [0.29, 0.717) is 5.56 Å². The molecule has 0 aliphatic carbocycles. The lowest BCUT2D eigenvalue weighted by atomic mass is 10.1. The molecule has 1 N–H and O–H groups in total. The molecule has 1 aromatic heterocycles. The Kier molecular flexibility index (Phi) is 3.23. The van der Waals surface area contributed by atoms with E-state index in [1.54, 1.807) is 12.1 Å². The molecule has 0 amide bonds. The molecular weight excluding hydrogens is 271 g/mol. The second kappa shape index (κ2) is 5.20. The van der Waals surface area contributed by atoms with Crippen molar-refractivity contribution in [3.05, 3.63) is 76.2 Å². The Bertz CT molecular complexity index is 835. The monoisotopic (exact) mass is 282 g/mol. The molecule has 0 unspecified atom stereocenters. The predicted octanol–water partition coefficient (Wildman–Crippen LogP) is 4.22. The van der Waals surface area contributed by atoms with Crippen LogP contribution in [0.5, 0.6) is 0 Å². The molecule has 21 heavy (non-hydrogen) atoms. The van der Waals surface area contributed by atoms with Gasteiger partial charge in [0.25, 0.3) is 0 Å². The van der Waals surface area contributed by atoms with Gasteiger partial charge in [-0.3, -0.25) is 10.1 Å². The number of nitro groups is 1. The fraction of sp³-hybridized carbons (Fsp3) is 0. The normalized spacial score (nSPS) is 11.3. The second-order valence-electron chi connectivity index (χ2n) is 4.57. The number of nitrogens with one attached hydrogen (secondary N) is 1. The van der Waals surface area contributed by atoms with E-state index in [9.17, 15) is 14.5 Å². The topological polar surface area (TPSA) is 58.9 Å². The van der Waals surface area contributed by atoms with Crippen LogP contribution >= 0.6 is 0 Å². The zero-order valence-corrected chi connectivity index (χ0v) is 10.9. The van der Waals surface area contributed by atoms with E-state index >= 15 is 0 Å². The van der Waals surface area contributed by atoms with Gasteiger partial charge in [0.05, 0.1) is 10.6 Å². The first-order chi connectivity index (χ1) is 10.1. The molecule has 3 aromatic rings. The zero-order valence-electron chi connectivity index (χ0n) is 10.9. The molecule has 2 aromatic carbocycles. The Morgan fingerprint density at radius 3 is 2.52 bits per heavy atom. The van der Waals surface area contributed by atoms with Gasteiger partial charge < -0.3 is 4.98 Å². The molecule has 1 heterocycles. The molecule has 0 spiro atoms. The molecular formula is C16H11FN2O2. The lowest BCUT2D eigenvalue weighted by Gasteiger charge is -2.00. The van der Waals surface area contributed by atoms with E-state index in [-0.39, 0.29) is 5.82 Å². The van der Waals surface area contributed by atoms with Gasteiger partial charge >= 0.3 is 0 Å². The van der Waals surface area contributed by atoms with Gasteiger partial charge in [0.15, 0.2) is 0 Å². The van der Waals surface area contributed by atoms with Crippen molar-refractivity contribution in [1.82, 2.24) is 4.98 Å². The first kappa shape index (κ1) is 13.1. The van der Waals surface area contributed by atoms with Gasteiger partial charge in [0, 0.05) is 22.5 Å². The molecule has 0 aliphatic rings. The molecule has 0 saturated carbocycles. The number of aromatic nitrogens is 1. The van der Waals surface area contributed by atoms with Crippen LogP contribution in [-0.4, -0.2) is 9.91 Å². The van der Waals surface area contributed by atoms with Gasteiger partial charge in [0.2, 0.25) is 6.20 Å². The fourth-order valence-corrected chi connectivity index (χ4v) is 2.32. The largest absolute Gasteiger partial charge is 0.354 e. The van der Waals surface area contributed by atoms with Gasteiger partial charge in [-0.1, -0.05) is 18.2 Å². The lowest BCUT2D eigenvalue weighted by Crippen LogP contribution is -1.85. The first-order valence-corrected chi connectivity index (χ1v) is 6.33. The summed E-state index contributed by atoms with van der Waals surface area (Å²) < 4.78 is 13.0. The Labute approximate surface area is 119 Å². The highest BCUT2D eigenvalue weighted by atomic mass is 19.1. The highest BCUT2D eigenvalue weighted by Crippen LogP contribution is 2.31. The highest BCUT2D eigenvalue weighted by molar-refractivity contribution is 5.96. The van der Waals surface area contributed by atoms with Crippen molar-refractivity contribution >= 4 is 17.0 Å². The zero-order chi connectivity index (χ0) is 14.8. The lowest BCUT2D eigenvalue weighted by molar-refractivity contribution is -0.400. The van der Waals surface area contributed by atoms with Crippen LogP contribution < -0.4 is 0 Å². The van der Waals surface area contributed by atoms with E-state index in [0.717, 1.165) is 28.4 Å². The number of H-pyrrole nitrogens is 1. The Hall–Kier alpha value is -2.95. The maximum Gasteiger partial charge on any atom is 0.235 e. The minimum Gasteiger partial charge on any atom is -0.354 e. The van der Waals surface area contributed by atoms with Crippen LogP contribution in [0.2, 0.25) is 0 Å². The molecule has 0 atom stereocenters. The summed E-state index contributed by atoms with van der Waals surface area (Å²) >= 11 is 0. The van der Waals surface area contributed by atoms with E-state index < -0.39 is 4.92 Å². The van der Waals surface area contributed by atoms with Gasteiger partial charge in [-0.25, -0.2) is 4.39 Å². The molecule has 104 valence electrons. The van der Waals surface area contributed by atoms with Crippen LogP contribution in [0.3, 0.4) is 0 Å². The van der Waals surface area contributed by atoms with Crippen molar-refractivity contribution in [2.45, 2.75) is 0 Å². The average Bonchev–Trinajstić information content (AvgIpc) is 2.84. The van der Waals surface area contributed by atoms with Crippen LogP contribution in [0, 0.1) is 15.9 Å². The van der Waals surface area contributed by atoms with E-state index in [4.69, 9.17) is 0 Å². The van der Waals surface area contributed by atoms with Crippen molar-refractivity contribution < 1.29 is 9.31 Å². The average molecular weight is 282 g/mol. The SMILES string of the molecule is O=[N+]([O-])/C=C\c1c(-c2ccc(F)cc2)[nH]c2ccccc12. The smallest absolute Gasteiger partial charge is 0.235 e. The molecule has 0 fully saturated rings. The molecule has 0 bridgehead atoms. The number of hydrogen-bond donors (Lipinski definition) is 1. The molecule has 0 radical (unpaired) electrons. The summed E-state index contributed by atoms with van der Waals surface area (Å²) in [4.78, 5) is 13.3. The molecule has 4 nitrogen and oxygen atoms in total. The number of fused-ring (bicyclic) bond motifs is 1. The Balaban J connectivity index is 2.23. The summed E-state index contributed by atoms with van der Waals surface area (Å²) in [7, 11) is 0. The fourth-order valence-electron chi connectivity index (χ4n) is 2.32. The maximum absolute atomic E-state index is 13.0. The summed E-state index contributed by atoms with van der Waals surface area (Å²) in [6, 6.07) is 13.5. The Morgan fingerprint density at radius 2 is 1.81 bits per heavy atom. The van der Waals surface area contributed by atoms with Crippen LogP contribution in [0.25, 0.3) is 28.2 Å². The first-order valence-electron chi connectivity index (χ1n) is 6.33. The Morgan fingerprint density at radius 1 is 1.10 bits per heavy atom. The standard InChI is InChI=1S/C16H11FN2O2/c17-12-7-5-11(6-8-12)16-14(9-10-19(20)21)13-3-1-2-4-15(13)18-16/h1-10,18H/b10-9-. The van der Waals surface area contributed by atoms with Crippen molar-refractivity contribution in [2.75, 3.05) is 0 Å². The van der Waals surface area contributed by atoms with Crippen molar-refractivity contribution in [1.29, 1.82) is 0 Å². The predicted molar refractivity (Wildman–Crippen MR) is 79.7 cm³/mol. The van der Waals surface area contributed by atoms with Crippen LogP contribution in [0.1, 0.15) is 5.56 Å². The molecule has 5 heteroatoms. The third-order valence-electron chi connectivity index (χ3n) is 3.24. The van der Waals surface area contributed by atoms with Crippen LogP contribution in [0.15, 0.2) is 54.7 Å². The summed E-state index contributed by atoms with van der Waals surface area (Å²) in [6.07, 6.45) is 2.36. The van der Waals surface area contributed by atoms with E-state index in [1.807, 2.05) is 24.3 Å². The minimum absolute atomic E-state index is 0.322. The number of aromatic amines is 1. The van der Waals surface area contributed by atoms with Crippen molar-refractivity contribution in [3.63, 3.8) is 0 Å². The molecule has 0 aliphatic heterocycles. The van der Waals surface area contributed by atoms with E-state index in [1.165, 1.54) is 18.2 Å². The molecule has 3 rings (SSSR count). The van der Waals surface area contributed by atoms with Gasteiger partial charge in [-0.2, -0.15) is 0 Å². The number of benzene rings is 2. The summed E-state index contributed by atoms with van der Waals surface area (Å²) in [5, 5.41) is 11.5. The number of hydrogen-bond acceptors (Lipinski definition) is 2. The van der Waals surface area contributed by atoms with Gasteiger partial charge in [0.1, 0.15) is 5.82 Å². The van der Waals surface area contributed by atoms with Crippen LogP contribution in [0.4, 0.5) is 4.39 Å². The summed E-state index contributed by atoms with van der Waals surface area (Å²) in [6.45, 7) is 0. The number of halogens is 1. The number of para-hydroxylation sites is 1. The van der Waals surface area contributed by atoms with Gasteiger partial charge in [-0.05, 0) is 35.9 Å². The molecule has 0 saturated heterocycles. The quantitative estimate of drug-likeness (QED) is 0.577. The van der Waals surface area contributed by atoms with Crippen LogP contribution in [-0.2, 0) is 0 Å². The highest BCUT2D eigenvalue weighted by Gasteiger charge is 2.11. The maximum atomic E-state index is 13.0. The van der Waals surface area contributed by atoms with Gasteiger partial charge in [-0.15, -0.1) is 0 Å². The number of nitrogens with zero attached hydrogens (tertiary/aromatic N) is 1. The third-order valence-corrected chi connectivity index (χ3v) is 3.24. The third kappa shape index (κ3) is 2.53. The second-order valence-corrected chi connectivity index (χ2v) is 4.57. The van der Waals surface area contributed by atoms with Crippen molar-refractivity contribution in [2.24, 2.45) is 0 Å². The summed E-state index contributed by atoms with van der Waals surface area (Å²) in [5.74, 6) is -0.322. The van der Waals surface area contributed by atoms with E-state index in [2.05, 4.69) is 4.98 Å². The number of rotatable bonds is 3.